The smallest absolute Gasteiger partial charge is 0.348 e. The molecule has 0 spiro atoms. The molecule has 1 atom stereocenters. The molecule has 0 saturated heterocycles. The first-order valence-corrected chi connectivity index (χ1v) is 7.76. The zero-order valence-electron chi connectivity index (χ0n) is 12.2. The van der Waals surface area contributed by atoms with Crippen molar-refractivity contribution in [2.75, 3.05) is 19.6 Å². The molecular weight excluding hydrogens is 272 g/mol. The lowest BCUT2D eigenvalue weighted by Gasteiger charge is -2.26. The summed E-state index contributed by atoms with van der Waals surface area (Å²) < 4.78 is 25.6. The van der Waals surface area contributed by atoms with Crippen LogP contribution in [0.15, 0.2) is 0 Å². The largest absolute Gasteiger partial charge is 0.384 e. The maximum atomic E-state index is 12.8. The van der Waals surface area contributed by atoms with Crippen LogP contribution in [0.25, 0.3) is 0 Å². The number of unbranched alkanes of at least 4 members (excludes halogenated alkanes) is 5. The molecule has 0 saturated carbocycles. The van der Waals surface area contributed by atoms with E-state index >= 15 is 0 Å². The summed E-state index contributed by atoms with van der Waals surface area (Å²) in [5.41, 5.74) is 0. The number of nitrogens with zero attached hydrogens (tertiary/aromatic N) is 1. The van der Waals surface area contributed by atoms with Gasteiger partial charge in [-0.3, -0.25) is 0 Å². The summed E-state index contributed by atoms with van der Waals surface area (Å²) >= 11 is 4.86. The SMILES string of the molecule is CCCCCCN(CCCCC)C[C@@H](O)C(F)(F)Cl. The van der Waals surface area contributed by atoms with Gasteiger partial charge in [0.1, 0.15) is 6.10 Å². The van der Waals surface area contributed by atoms with Gasteiger partial charge in [-0.25, -0.2) is 0 Å². The highest BCUT2D eigenvalue weighted by Gasteiger charge is 2.36. The molecule has 0 bridgehead atoms. The number of rotatable bonds is 12. The zero-order valence-corrected chi connectivity index (χ0v) is 12.9. The van der Waals surface area contributed by atoms with Crippen molar-refractivity contribution in [2.24, 2.45) is 0 Å². The molecule has 0 aliphatic heterocycles. The van der Waals surface area contributed by atoms with E-state index in [4.69, 9.17) is 11.6 Å². The first-order valence-electron chi connectivity index (χ1n) is 7.38. The topological polar surface area (TPSA) is 23.5 Å². The highest BCUT2D eigenvalue weighted by molar-refractivity contribution is 6.22. The van der Waals surface area contributed by atoms with Crippen molar-refractivity contribution in [3.8, 4) is 0 Å². The minimum absolute atomic E-state index is 0.0493. The third kappa shape index (κ3) is 10.5. The van der Waals surface area contributed by atoms with Gasteiger partial charge in [-0.2, -0.15) is 8.78 Å². The van der Waals surface area contributed by atoms with E-state index in [2.05, 4.69) is 13.8 Å². The Balaban J connectivity index is 4.09. The highest BCUT2D eigenvalue weighted by atomic mass is 35.5. The lowest BCUT2D eigenvalue weighted by atomic mass is 10.1. The summed E-state index contributed by atoms with van der Waals surface area (Å²) in [6, 6.07) is 0. The normalized spacial score (nSPS) is 14.1. The summed E-state index contributed by atoms with van der Waals surface area (Å²) in [6.07, 6.45) is 5.77. The van der Waals surface area contributed by atoms with Crippen LogP contribution in [0.2, 0.25) is 0 Å². The van der Waals surface area contributed by atoms with Crippen LogP contribution in [0.3, 0.4) is 0 Å². The van der Waals surface area contributed by atoms with Crippen LogP contribution in [-0.4, -0.2) is 41.1 Å². The predicted molar refractivity (Wildman–Crippen MR) is 76.9 cm³/mol. The van der Waals surface area contributed by atoms with Crippen LogP contribution < -0.4 is 0 Å². The van der Waals surface area contributed by atoms with Crippen LogP contribution in [0.1, 0.15) is 58.8 Å². The molecule has 0 aromatic carbocycles. The van der Waals surface area contributed by atoms with Crippen LogP contribution in [0, 0.1) is 0 Å². The Morgan fingerprint density at radius 3 is 1.95 bits per heavy atom. The second-order valence-corrected chi connectivity index (χ2v) is 5.63. The third-order valence-electron chi connectivity index (χ3n) is 3.21. The summed E-state index contributed by atoms with van der Waals surface area (Å²) in [4.78, 5) is 1.91. The van der Waals surface area contributed by atoms with Crippen molar-refractivity contribution in [2.45, 2.75) is 70.3 Å². The molecule has 0 amide bonds. The Bertz CT molecular complexity index is 212. The number of hydrogen-bond donors (Lipinski definition) is 1. The molecule has 19 heavy (non-hydrogen) atoms. The average molecular weight is 300 g/mol. The van der Waals surface area contributed by atoms with Gasteiger partial charge < -0.3 is 10.0 Å². The number of hydrogen-bond acceptors (Lipinski definition) is 2. The summed E-state index contributed by atoms with van der Waals surface area (Å²) in [6.45, 7) is 5.70. The van der Waals surface area contributed by atoms with Gasteiger partial charge in [0.15, 0.2) is 0 Å². The van der Waals surface area contributed by atoms with E-state index in [1.54, 1.807) is 0 Å². The minimum Gasteiger partial charge on any atom is -0.384 e. The van der Waals surface area contributed by atoms with E-state index < -0.39 is 11.5 Å². The van der Waals surface area contributed by atoms with Crippen molar-refractivity contribution >= 4 is 11.6 Å². The lowest BCUT2D eigenvalue weighted by Crippen LogP contribution is -2.41. The number of alkyl halides is 3. The molecule has 0 unspecified atom stereocenters. The molecule has 0 aromatic heterocycles. The molecule has 0 radical (unpaired) electrons. The van der Waals surface area contributed by atoms with Gasteiger partial charge in [-0.15, -0.1) is 0 Å². The maximum absolute atomic E-state index is 12.8. The van der Waals surface area contributed by atoms with Crippen molar-refractivity contribution in [3.63, 3.8) is 0 Å². The fourth-order valence-corrected chi connectivity index (χ4v) is 2.06. The Morgan fingerprint density at radius 1 is 1.00 bits per heavy atom. The van der Waals surface area contributed by atoms with Gasteiger partial charge in [-0.05, 0) is 37.5 Å². The van der Waals surface area contributed by atoms with E-state index in [0.29, 0.717) is 0 Å². The van der Waals surface area contributed by atoms with Crippen LogP contribution >= 0.6 is 11.6 Å². The fraction of sp³-hybridized carbons (Fsp3) is 1.00. The zero-order chi connectivity index (χ0) is 14.7. The Hall–Kier alpha value is 0.0700. The number of halogens is 3. The molecule has 5 heteroatoms. The van der Waals surface area contributed by atoms with Crippen LogP contribution in [0.4, 0.5) is 8.78 Å². The first kappa shape index (κ1) is 19.1. The molecule has 1 N–H and O–H groups in total. The molecule has 2 nitrogen and oxygen atoms in total. The Morgan fingerprint density at radius 2 is 1.47 bits per heavy atom. The summed E-state index contributed by atoms with van der Waals surface area (Å²) in [5.74, 6) is 0. The molecule has 0 aliphatic carbocycles. The second-order valence-electron chi connectivity index (χ2n) is 5.13. The van der Waals surface area contributed by atoms with E-state index in [9.17, 15) is 13.9 Å². The maximum Gasteiger partial charge on any atom is 0.348 e. The predicted octanol–water partition coefficient (Wildman–Crippen LogP) is 4.25. The van der Waals surface area contributed by atoms with Gasteiger partial charge in [0.25, 0.3) is 0 Å². The van der Waals surface area contributed by atoms with Gasteiger partial charge in [0.05, 0.1) is 0 Å². The quantitative estimate of drug-likeness (QED) is 0.430. The molecular formula is C14H28ClF2NO. The van der Waals surface area contributed by atoms with Crippen molar-refractivity contribution in [1.29, 1.82) is 0 Å². The monoisotopic (exact) mass is 299 g/mol. The van der Waals surface area contributed by atoms with Crippen LogP contribution in [-0.2, 0) is 0 Å². The van der Waals surface area contributed by atoms with E-state index in [1.807, 2.05) is 4.90 Å². The van der Waals surface area contributed by atoms with Crippen molar-refractivity contribution in [3.05, 3.63) is 0 Å². The fourth-order valence-electron chi connectivity index (χ4n) is 1.99. The van der Waals surface area contributed by atoms with E-state index in [0.717, 1.165) is 58.0 Å². The highest BCUT2D eigenvalue weighted by Crippen LogP contribution is 2.24. The van der Waals surface area contributed by atoms with Crippen molar-refractivity contribution in [1.82, 2.24) is 4.90 Å². The number of aliphatic hydroxyl groups is 1. The molecule has 0 fully saturated rings. The molecule has 0 heterocycles. The molecule has 0 rings (SSSR count). The van der Waals surface area contributed by atoms with Gasteiger partial charge in [-0.1, -0.05) is 46.0 Å². The lowest BCUT2D eigenvalue weighted by molar-refractivity contribution is -0.0557. The standard InChI is InChI=1S/C14H28ClF2NO/c1-3-5-7-9-11-18(10-8-6-4-2)12-13(19)14(15,16)17/h13,19H,3-12H2,1-2H3/t13-/m1/s1. The third-order valence-corrected chi connectivity index (χ3v) is 3.47. The van der Waals surface area contributed by atoms with Crippen LogP contribution in [0.5, 0.6) is 0 Å². The Labute approximate surface area is 121 Å². The average Bonchev–Trinajstić information content (AvgIpc) is 2.33. The second kappa shape index (κ2) is 10.8. The van der Waals surface area contributed by atoms with Gasteiger partial charge in [0.2, 0.25) is 0 Å². The van der Waals surface area contributed by atoms with Gasteiger partial charge >= 0.3 is 5.38 Å². The number of aliphatic hydroxyl groups excluding tert-OH is 1. The van der Waals surface area contributed by atoms with Crippen molar-refractivity contribution < 1.29 is 13.9 Å². The molecule has 116 valence electrons. The first-order chi connectivity index (χ1) is 8.91. The Kier molecular flexibility index (Phi) is 10.8. The summed E-state index contributed by atoms with van der Waals surface area (Å²) in [5, 5.41) is 5.86. The minimum atomic E-state index is -3.54. The summed E-state index contributed by atoms with van der Waals surface area (Å²) in [7, 11) is 0. The molecule has 0 aromatic rings. The van der Waals surface area contributed by atoms with E-state index in [1.165, 1.54) is 0 Å². The van der Waals surface area contributed by atoms with Gasteiger partial charge in [0, 0.05) is 6.54 Å². The molecule has 0 aliphatic rings. The van der Waals surface area contributed by atoms with E-state index in [-0.39, 0.29) is 6.54 Å².